The molecule has 1 fully saturated rings. The molecule has 0 atom stereocenters. The highest BCUT2D eigenvalue weighted by atomic mass is 35.5. The molecule has 0 spiro atoms. The first-order valence-electron chi connectivity index (χ1n) is 8.17. The van der Waals surface area contributed by atoms with Gasteiger partial charge in [-0.05, 0) is 18.7 Å². The Labute approximate surface area is 146 Å². The van der Waals surface area contributed by atoms with E-state index in [1.807, 2.05) is 0 Å². The molecule has 0 radical (unpaired) electrons. The van der Waals surface area contributed by atoms with E-state index in [0.29, 0.717) is 18.7 Å². The van der Waals surface area contributed by atoms with Crippen LogP contribution in [-0.4, -0.2) is 71.7 Å². The number of amides is 3. The van der Waals surface area contributed by atoms with E-state index in [1.165, 1.54) is 0 Å². The number of hydrogen-bond donors (Lipinski definition) is 0. The lowest BCUT2D eigenvalue weighted by atomic mass is 10.1. The molecule has 0 aliphatic carbocycles. The molecular formula is C17H20ClN3O3. The molecule has 1 saturated heterocycles. The zero-order valence-corrected chi connectivity index (χ0v) is 14.4. The molecule has 24 heavy (non-hydrogen) atoms. The van der Waals surface area contributed by atoms with Gasteiger partial charge in [-0.15, -0.1) is 0 Å². The molecule has 1 aromatic rings. The van der Waals surface area contributed by atoms with Crippen LogP contribution >= 0.6 is 11.6 Å². The second-order valence-electron chi connectivity index (χ2n) is 5.99. The van der Waals surface area contributed by atoms with Crippen LogP contribution in [0.25, 0.3) is 0 Å². The smallest absolute Gasteiger partial charge is 0.263 e. The summed E-state index contributed by atoms with van der Waals surface area (Å²) in [5, 5.41) is 0.273. The minimum Gasteiger partial charge on any atom is -0.340 e. The van der Waals surface area contributed by atoms with E-state index >= 15 is 0 Å². The van der Waals surface area contributed by atoms with Crippen LogP contribution in [0, 0.1) is 0 Å². The number of carbonyl (C=O) groups is 3. The predicted molar refractivity (Wildman–Crippen MR) is 90.1 cm³/mol. The van der Waals surface area contributed by atoms with Gasteiger partial charge in [-0.2, -0.15) is 0 Å². The first-order chi connectivity index (χ1) is 11.5. The quantitative estimate of drug-likeness (QED) is 0.773. The topological polar surface area (TPSA) is 60.9 Å². The van der Waals surface area contributed by atoms with Crippen molar-refractivity contribution < 1.29 is 14.4 Å². The highest BCUT2D eigenvalue weighted by Crippen LogP contribution is 2.29. The van der Waals surface area contributed by atoms with E-state index in [1.54, 1.807) is 23.1 Å². The monoisotopic (exact) mass is 349 g/mol. The Morgan fingerprint density at radius 2 is 1.83 bits per heavy atom. The number of hydrogen-bond acceptors (Lipinski definition) is 4. The summed E-state index contributed by atoms with van der Waals surface area (Å²) in [6, 6.07) is 4.83. The minimum atomic E-state index is -0.413. The van der Waals surface area contributed by atoms with Crippen molar-refractivity contribution in [2.24, 2.45) is 0 Å². The van der Waals surface area contributed by atoms with Crippen LogP contribution in [0.5, 0.6) is 0 Å². The van der Waals surface area contributed by atoms with Crippen molar-refractivity contribution in [1.82, 2.24) is 14.7 Å². The van der Waals surface area contributed by atoms with Gasteiger partial charge in [-0.25, -0.2) is 0 Å². The number of likely N-dealkylation sites (N-methyl/N-ethyl adjacent to an activating group) is 1. The summed E-state index contributed by atoms with van der Waals surface area (Å²) >= 11 is 6.03. The summed E-state index contributed by atoms with van der Waals surface area (Å²) in [5.41, 5.74) is 0.560. The van der Waals surface area contributed by atoms with Crippen LogP contribution in [0.1, 0.15) is 34.1 Å². The summed E-state index contributed by atoms with van der Waals surface area (Å²) in [7, 11) is 0. The Kier molecular flexibility index (Phi) is 4.87. The summed E-state index contributed by atoms with van der Waals surface area (Å²) in [6.45, 7) is 6.30. The van der Waals surface area contributed by atoms with Gasteiger partial charge in [0.2, 0.25) is 5.91 Å². The third-order valence-corrected chi connectivity index (χ3v) is 4.98. The van der Waals surface area contributed by atoms with Crippen LogP contribution in [0.4, 0.5) is 0 Å². The van der Waals surface area contributed by atoms with Crippen LogP contribution < -0.4 is 0 Å². The van der Waals surface area contributed by atoms with Crippen molar-refractivity contribution in [3.05, 3.63) is 34.3 Å². The maximum atomic E-state index is 12.4. The average molecular weight is 350 g/mol. The summed E-state index contributed by atoms with van der Waals surface area (Å²) in [5.74, 6) is -0.807. The van der Waals surface area contributed by atoms with Crippen molar-refractivity contribution in [3.63, 3.8) is 0 Å². The largest absolute Gasteiger partial charge is 0.340 e. The Bertz CT molecular complexity index is 684. The zero-order valence-electron chi connectivity index (χ0n) is 13.6. The highest BCUT2D eigenvalue weighted by Gasteiger charge is 2.37. The third kappa shape index (κ3) is 3.03. The number of halogens is 1. The molecule has 7 heteroatoms. The highest BCUT2D eigenvalue weighted by molar-refractivity contribution is 6.37. The van der Waals surface area contributed by atoms with Crippen molar-refractivity contribution >= 4 is 29.3 Å². The van der Waals surface area contributed by atoms with Gasteiger partial charge in [0, 0.05) is 39.1 Å². The van der Waals surface area contributed by atoms with Gasteiger partial charge >= 0.3 is 0 Å². The van der Waals surface area contributed by atoms with E-state index in [2.05, 4.69) is 11.8 Å². The first-order valence-corrected chi connectivity index (χ1v) is 8.55. The van der Waals surface area contributed by atoms with Gasteiger partial charge in [0.15, 0.2) is 0 Å². The van der Waals surface area contributed by atoms with Gasteiger partial charge in [0.1, 0.15) is 0 Å². The number of benzene rings is 1. The fraction of sp³-hybridized carbons (Fsp3) is 0.471. The Morgan fingerprint density at radius 3 is 2.46 bits per heavy atom. The molecule has 6 nitrogen and oxygen atoms in total. The Morgan fingerprint density at radius 1 is 1.12 bits per heavy atom. The molecule has 0 unspecified atom stereocenters. The molecule has 2 aliphatic rings. The lowest BCUT2D eigenvalue weighted by molar-refractivity contribution is -0.133. The second-order valence-corrected chi connectivity index (χ2v) is 6.40. The summed E-state index contributed by atoms with van der Waals surface area (Å²) < 4.78 is 0. The van der Waals surface area contributed by atoms with Crippen molar-refractivity contribution in [1.29, 1.82) is 0 Å². The van der Waals surface area contributed by atoms with Gasteiger partial charge in [-0.1, -0.05) is 24.6 Å². The molecule has 0 N–H and O–H groups in total. The van der Waals surface area contributed by atoms with Crippen LogP contribution in [-0.2, 0) is 4.79 Å². The van der Waals surface area contributed by atoms with E-state index < -0.39 is 5.91 Å². The fourth-order valence-electron chi connectivity index (χ4n) is 3.17. The van der Waals surface area contributed by atoms with E-state index in [9.17, 15) is 14.4 Å². The number of piperazine rings is 1. The lowest BCUT2D eigenvalue weighted by Gasteiger charge is -2.34. The molecule has 0 bridgehead atoms. The Hall–Kier alpha value is -1.92. The average Bonchev–Trinajstić information content (AvgIpc) is 2.85. The second kappa shape index (κ2) is 6.91. The number of rotatable bonds is 4. The minimum absolute atomic E-state index is 0.0200. The van der Waals surface area contributed by atoms with Gasteiger partial charge in [0.25, 0.3) is 11.8 Å². The maximum absolute atomic E-state index is 12.4. The number of carbonyl (C=O) groups excluding carboxylic acids is 3. The van der Waals surface area contributed by atoms with Crippen LogP contribution in [0.2, 0.25) is 5.02 Å². The fourth-order valence-corrected chi connectivity index (χ4v) is 3.43. The van der Waals surface area contributed by atoms with E-state index in [-0.39, 0.29) is 35.4 Å². The third-order valence-electron chi connectivity index (χ3n) is 4.67. The molecule has 3 amide bonds. The molecule has 0 saturated carbocycles. The van der Waals surface area contributed by atoms with Gasteiger partial charge in [-0.3, -0.25) is 19.3 Å². The van der Waals surface area contributed by atoms with Crippen LogP contribution in [0.3, 0.4) is 0 Å². The van der Waals surface area contributed by atoms with Crippen molar-refractivity contribution in [2.75, 3.05) is 39.3 Å². The standard InChI is InChI=1S/C17H20ClN3O3/c1-2-19-8-10-20(11-9-19)14(22)6-7-21-16(23)12-4-3-5-13(18)15(12)17(21)24/h3-5H,2,6-11H2,1H3. The molecule has 2 aliphatic heterocycles. The molecule has 2 heterocycles. The summed E-state index contributed by atoms with van der Waals surface area (Å²) in [4.78, 5) is 42.3. The van der Waals surface area contributed by atoms with Crippen molar-refractivity contribution in [3.8, 4) is 0 Å². The maximum Gasteiger partial charge on any atom is 0.263 e. The van der Waals surface area contributed by atoms with Gasteiger partial charge in [0.05, 0.1) is 16.1 Å². The number of imide groups is 1. The lowest BCUT2D eigenvalue weighted by Crippen LogP contribution is -2.49. The SMILES string of the molecule is CCN1CCN(C(=O)CCN2C(=O)c3cccc(Cl)c3C2=O)CC1. The molecule has 0 aromatic heterocycles. The molecule has 3 rings (SSSR count). The Balaban J connectivity index is 1.60. The normalized spacial score (nSPS) is 18.2. The van der Waals surface area contributed by atoms with Crippen LogP contribution in [0.15, 0.2) is 18.2 Å². The zero-order chi connectivity index (χ0) is 17.3. The molecule has 1 aromatic carbocycles. The van der Waals surface area contributed by atoms with E-state index in [4.69, 9.17) is 11.6 Å². The van der Waals surface area contributed by atoms with Crippen molar-refractivity contribution in [2.45, 2.75) is 13.3 Å². The predicted octanol–water partition coefficient (Wildman–Crippen LogP) is 1.49. The summed E-state index contributed by atoms with van der Waals surface area (Å²) in [6.07, 6.45) is 0.148. The molecule has 128 valence electrons. The first kappa shape index (κ1) is 16.9. The molecular weight excluding hydrogens is 330 g/mol. The van der Waals surface area contributed by atoms with E-state index in [0.717, 1.165) is 24.5 Å². The number of fused-ring (bicyclic) bond motifs is 1. The van der Waals surface area contributed by atoms with Gasteiger partial charge < -0.3 is 9.80 Å². The number of nitrogens with zero attached hydrogens (tertiary/aromatic N) is 3.